The Morgan fingerprint density at radius 3 is 2.56 bits per heavy atom. The summed E-state index contributed by atoms with van der Waals surface area (Å²) in [6, 6.07) is 1.61. The number of methoxy groups -OCH3 is 2. The van der Waals surface area contributed by atoms with Gasteiger partial charge in [-0.25, -0.2) is 4.79 Å². The second-order valence-corrected chi connectivity index (χ2v) is 3.22. The van der Waals surface area contributed by atoms with Gasteiger partial charge in [0.05, 0.1) is 19.9 Å². The molecule has 0 heterocycles. The van der Waals surface area contributed by atoms with Gasteiger partial charge in [-0.15, -0.1) is 0 Å². The number of carbonyl (C=O) groups excluding carboxylic acids is 1. The summed E-state index contributed by atoms with van der Waals surface area (Å²) in [6.45, 7) is 1.89. The minimum atomic E-state index is -0.677. The van der Waals surface area contributed by atoms with Crippen molar-refractivity contribution < 1.29 is 19.4 Å². The predicted molar refractivity (Wildman–Crippen MR) is 59.8 cm³/mol. The molecule has 0 aliphatic carbocycles. The van der Waals surface area contributed by atoms with E-state index in [1.54, 1.807) is 6.07 Å². The summed E-state index contributed by atoms with van der Waals surface area (Å²) in [5.74, 6) is -0.751. The Labute approximate surface area is 93.8 Å². The van der Waals surface area contributed by atoms with Crippen LogP contribution in [-0.2, 0) is 11.2 Å². The first-order valence-electron chi connectivity index (χ1n) is 4.83. The fraction of sp³-hybridized carbons (Fsp3) is 0.364. The molecule has 5 nitrogen and oxygen atoms in total. The van der Waals surface area contributed by atoms with E-state index in [9.17, 15) is 9.90 Å². The van der Waals surface area contributed by atoms with Gasteiger partial charge in [0.25, 0.3) is 0 Å². The molecule has 1 rings (SSSR count). The summed E-state index contributed by atoms with van der Waals surface area (Å²) >= 11 is 0. The molecular weight excluding hydrogens is 210 g/mol. The molecule has 3 N–H and O–H groups in total. The van der Waals surface area contributed by atoms with E-state index in [1.807, 2.05) is 6.92 Å². The Hall–Kier alpha value is -1.91. The average molecular weight is 225 g/mol. The summed E-state index contributed by atoms with van der Waals surface area (Å²) in [4.78, 5) is 11.5. The number of nitrogen functional groups attached to an aromatic ring is 1. The van der Waals surface area contributed by atoms with Crippen LogP contribution < -0.4 is 10.5 Å². The van der Waals surface area contributed by atoms with Crippen molar-refractivity contribution in [3.05, 3.63) is 17.2 Å². The average Bonchev–Trinajstić information content (AvgIpc) is 2.29. The number of hydrogen-bond acceptors (Lipinski definition) is 5. The number of rotatable bonds is 3. The third-order valence-electron chi connectivity index (χ3n) is 2.38. The van der Waals surface area contributed by atoms with Gasteiger partial charge in [0, 0.05) is 0 Å². The number of carbonyl (C=O) groups is 1. The SMILES string of the molecule is CCc1cc(OC)c(O)c(C(=O)OC)c1N. The molecule has 88 valence electrons. The number of ether oxygens (including phenoxy) is 2. The molecule has 0 atom stereocenters. The van der Waals surface area contributed by atoms with Gasteiger partial charge in [-0.05, 0) is 18.1 Å². The summed E-state index contributed by atoms with van der Waals surface area (Å²) in [5, 5.41) is 9.79. The zero-order valence-corrected chi connectivity index (χ0v) is 9.53. The van der Waals surface area contributed by atoms with Crippen LogP contribution in [0.4, 0.5) is 5.69 Å². The van der Waals surface area contributed by atoms with Crippen molar-refractivity contribution in [1.29, 1.82) is 0 Å². The second kappa shape index (κ2) is 4.74. The first-order chi connectivity index (χ1) is 7.56. The summed E-state index contributed by atoms with van der Waals surface area (Å²) in [6.07, 6.45) is 0.631. The van der Waals surface area contributed by atoms with Crippen LogP contribution >= 0.6 is 0 Å². The number of anilines is 1. The zero-order valence-electron chi connectivity index (χ0n) is 9.53. The van der Waals surface area contributed by atoms with Crippen molar-refractivity contribution in [3.63, 3.8) is 0 Å². The highest BCUT2D eigenvalue weighted by atomic mass is 16.5. The fourth-order valence-electron chi connectivity index (χ4n) is 1.47. The molecule has 0 unspecified atom stereocenters. The van der Waals surface area contributed by atoms with Gasteiger partial charge in [0.1, 0.15) is 5.56 Å². The molecule has 0 spiro atoms. The Morgan fingerprint density at radius 1 is 1.50 bits per heavy atom. The molecule has 0 amide bonds. The second-order valence-electron chi connectivity index (χ2n) is 3.22. The van der Waals surface area contributed by atoms with Gasteiger partial charge in [-0.1, -0.05) is 6.92 Å². The van der Waals surface area contributed by atoms with Crippen molar-refractivity contribution in [2.24, 2.45) is 0 Å². The molecule has 1 aromatic rings. The number of phenolic OH excluding ortho intramolecular Hbond substituents is 1. The first-order valence-corrected chi connectivity index (χ1v) is 4.83. The van der Waals surface area contributed by atoms with Gasteiger partial charge >= 0.3 is 5.97 Å². The minimum Gasteiger partial charge on any atom is -0.504 e. The Balaban J connectivity index is 3.49. The van der Waals surface area contributed by atoms with Crippen LogP contribution in [0.2, 0.25) is 0 Å². The lowest BCUT2D eigenvalue weighted by Crippen LogP contribution is -2.09. The van der Waals surface area contributed by atoms with E-state index in [4.69, 9.17) is 10.5 Å². The number of aryl methyl sites for hydroxylation is 1. The Kier molecular flexibility index (Phi) is 3.60. The maximum atomic E-state index is 11.5. The molecule has 5 heteroatoms. The van der Waals surface area contributed by atoms with E-state index in [1.165, 1.54) is 14.2 Å². The zero-order chi connectivity index (χ0) is 12.3. The molecule has 16 heavy (non-hydrogen) atoms. The summed E-state index contributed by atoms with van der Waals surface area (Å²) in [7, 11) is 2.64. The number of esters is 1. The first kappa shape index (κ1) is 12.2. The molecular formula is C11H15NO4. The van der Waals surface area contributed by atoms with E-state index in [-0.39, 0.29) is 22.7 Å². The van der Waals surface area contributed by atoms with E-state index in [2.05, 4.69) is 4.74 Å². The van der Waals surface area contributed by atoms with Crippen LogP contribution in [0.5, 0.6) is 11.5 Å². The van der Waals surface area contributed by atoms with Crippen molar-refractivity contribution in [2.45, 2.75) is 13.3 Å². The molecule has 0 saturated carbocycles. The topological polar surface area (TPSA) is 81.8 Å². The standard InChI is InChI=1S/C11H15NO4/c1-4-6-5-7(15-2)10(13)8(9(6)12)11(14)16-3/h5,13H,4,12H2,1-3H3. The maximum Gasteiger partial charge on any atom is 0.343 e. The van der Waals surface area contributed by atoms with Crippen LogP contribution in [0.1, 0.15) is 22.8 Å². The van der Waals surface area contributed by atoms with E-state index >= 15 is 0 Å². The van der Waals surface area contributed by atoms with Crippen molar-refractivity contribution >= 4 is 11.7 Å². The van der Waals surface area contributed by atoms with E-state index in [0.29, 0.717) is 6.42 Å². The maximum absolute atomic E-state index is 11.5. The van der Waals surface area contributed by atoms with Crippen LogP contribution in [0, 0.1) is 0 Å². The molecule has 0 aromatic heterocycles. The molecule has 0 saturated heterocycles. The molecule has 0 radical (unpaired) electrons. The van der Waals surface area contributed by atoms with Crippen LogP contribution in [-0.4, -0.2) is 25.3 Å². The number of benzene rings is 1. The lowest BCUT2D eigenvalue weighted by molar-refractivity contribution is 0.0598. The molecule has 0 aliphatic rings. The lowest BCUT2D eigenvalue weighted by atomic mass is 10.0. The Morgan fingerprint density at radius 2 is 2.12 bits per heavy atom. The highest BCUT2D eigenvalue weighted by Gasteiger charge is 2.22. The van der Waals surface area contributed by atoms with Gasteiger partial charge in [-0.2, -0.15) is 0 Å². The minimum absolute atomic E-state index is 0.0429. The van der Waals surface area contributed by atoms with E-state index < -0.39 is 5.97 Å². The van der Waals surface area contributed by atoms with Crippen LogP contribution in [0.3, 0.4) is 0 Å². The van der Waals surface area contributed by atoms with E-state index in [0.717, 1.165) is 5.56 Å². The van der Waals surface area contributed by atoms with Gasteiger partial charge in [0.15, 0.2) is 11.5 Å². The van der Waals surface area contributed by atoms with Crippen LogP contribution in [0.25, 0.3) is 0 Å². The highest BCUT2D eigenvalue weighted by Crippen LogP contribution is 2.37. The Bertz CT molecular complexity index is 387. The van der Waals surface area contributed by atoms with Gasteiger partial charge < -0.3 is 20.3 Å². The third-order valence-corrected chi connectivity index (χ3v) is 2.38. The highest BCUT2D eigenvalue weighted by molar-refractivity contribution is 5.99. The molecule has 1 aromatic carbocycles. The normalized spacial score (nSPS) is 9.94. The smallest absolute Gasteiger partial charge is 0.343 e. The number of nitrogens with two attached hydrogens (primary N) is 1. The largest absolute Gasteiger partial charge is 0.504 e. The van der Waals surface area contributed by atoms with Crippen molar-refractivity contribution in [2.75, 3.05) is 20.0 Å². The number of hydrogen-bond donors (Lipinski definition) is 2. The summed E-state index contributed by atoms with van der Waals surface area (Å²) in [5.41, 5.74) is 6.70. The lowest BCUT2D eigenvalue weighted by Gasteiger charge is -2.13. The monoisotopic (exact) mass is 225 g/mol. The third kappa shape index (κ3) is 1.88. The van der Waals surface area contributed by atoms with Gasteiger partial charge in [0.2, 0.25) is 0 Å². The molecule has 0 aliphatic heterocycles. The fourth-order valence-corrected chi connectivity index (χ4v) is 1.47. The predicted octanol–water partition coefficient (Wildman–Crippen LogP) is 1.33. The molecule has 0 bridgehead atoms. The van der Waals surface area contributed by atoms with Crippen LogP contribution in [0.15, 0.2) is 6.07 Å². The van der Waals surface area contributed by atoms with Crippen molar-refractivity contribution in [3.8, 4) is 11.5 Å². The quantitative estimate of drug-likeness (QED) is 0.599. The number of aromatic hydroxyl groups is 1. The van der Waals surface area contributed by atoms with Gasteiger partial charge in [-0.3, -0.25) is 0 Å². The number of phenols is 1. The molecule has 0 fully saturated rings. The summed E-state index contributed by atoms with van der Waals surface area (Å²) < 4.78 is 9.53. The van der Waals surface area contributed by atoms with Crippen molar-refractivity contribution in [1.82, 2.24) is 0 Å².